The van der Waals surface area contributed by atoms with Crippen molar-refractivity contribution in [2.75, 3.05) is 32.8 Å². The van der Waals surface area contributed by atoms with Gasteiger partial charge in [-0.05, 0) is 19.8 Å². The Morgan fingerprint density at radius 1 is 1.25 bits per heavy atom. The van der Waals surface area contributed by atoms with Crippen LogP contribution in [0, 0.1) is 0 Å². The van der Waals surface area contributed by atoms with E-state index < -0.39 is 19.3 Å². The number of halogens is 1. The molecule has 0 N–H and O–H groups in total. The van der Waals surface area contributed by atoms with E-state index in [1.165, 1.54) is 14.2 Å². The summed E-state index contributed by atoms with van der Waals surface area (Å²) in [5, 5.41) is 0.491. The Hall–Kier alpha value is 0.350. The van der Waals surface area contributed by atoms with Gasteiger partial charge in [0.15, 0.2) is 9.84 Å². The zero-order chi connectivity index (χ0) is 12.4. The topological polar surface area (TPSA) is 52.6 Å². The van der Waals surface area contributed by atoms with Crippen molar-refractivity contribution in [3.05, 3.63) is 0 Å². The van der Waals surface area contributed by atoms with Crippen LogP contribution in [0.3, 0.4) is 0 Å². The lowest BCUT2D eigenvalue weighted by Gasteiger charge is -2.31. The molecule has 96 valence electrons. The van der Waals surface area contributed by atoms with Crippen LogP contribution in [0.2, 0.25) is 0 Å². The number of rotatable bonds is 7. The third-order valence-electron chi connectivity index (χ3n) is 3.17. The molecule has 0 radical (unpaired) electrons. The van der Waals surface area contributed by atoms with Crippen LogP contribution in [0.15, 0.2) is 0 Å². The largest absolute Gasteiger partial charge is 0.383 e. The second-order valence-electron chi connectivity index (χ2n) is 4.64. The summed E-state index contributed by atoms with van der Waals surface area (Å²) in [4.78, 5) is 0. The zero-order valence-electron chi connectivity index (χ0n) is 9.95. The van der Waals surface area contributed by atoms with Gasteiger partial charge in [0.2, 0.25) is 0 Å². The Kier molecular flexibility index (Phi) is 4.43. The molecule has 0 bridgehead atoms. The van der Waals surface area contributed by atoms with E-state index in [0.717, 1.165) is 12.8 Å². The van der Waals surface area contributed by atoms with Gasteiger partial charge in [-0.1, -0.05) is 15.9 Å². The van der Waals surface area contributed by atoms with E-state index in [0.29, 0.717) is 5.33 Å². The molecule has 1 saturated carbocycles. The number of methoxy groups -OCH3 is 2. The van der Waals surface area contributed by atoms with Crippen molar-refractivity contribution >= 4 is 25.8 Å². The molecule has 0 atom stereocenters. The number of hydrogen-bond donors (Lipinski definition) is 0. The molecule has 1 rings (SSSR count). The van der Waals surface area contributed by atoms with E-state index in [1.54, 1.807) is 6.92 Å². The van der Waals surface area contributed by atoms with Crippen LogP contribution in [-0.2, 0) is 19.3 Å². The Balaban J connectivity index is 3.02. The van der Waals surface area contributed by atoms with Crippen molar-refractivity contribution in [1.82, 2.24) is 0 Å². The van der Waals surface area contributed by atoms with Crippen molar-refractivity contribution in [3.8, 4) is 0 Å². The van der Waals surface area contributed by atoms with Crippen LogP contribution in [-0.4, -0.2) is 50.7 Å². The molecule has 1 fully saturated rings. The molecular formula is C10H19BrO4S. The van der Waals surface area contributed by atoms with Gasteiger partial charge in [0.1, 0.15) is 4.75 Å². The third kappa shape index (κ3) is 2.17. The first-order chi connectivity index (χ1) is 7.39. The average molecular weight is 315 g/mol. The fraction of sp³-hybridized carbons (Fsp3) is 1.00. The van der Waals surface area contributed by atoms with Gasteiger partial charge in [-0.25, -0.2) is 8.42 Å². The highest BCUT2D eigenvalue weighted by Gasteiger charge is 2.60. The maximum Gasteiger partial charge on any atom is 0.166 e. The maximum atomic E-state index is 12.6. The standard InChI is InChI=1S/C10H19BrO4S/c1-9(7-14-2,8-15-3)16(12,13)10(6-11)4-5-10/h4-8H2,1-3H3. The van der Waals surface area contributed by atoms with E-state index >= 15 is 0 Å². The molecular weight excluding hydrogens is 296 g/mol. The molecule has 1 aliphatic carbocycles. The van der Waals surface area contributed by atoms with Gasteiger partial charge in [-0.3, -0.25) is 0 Å². The Labute approximate surface area is 106 Å². The lowest BCUT2D eigenvalue weighted by atomic mass is 10.2. The highest BCUT2D eigenvalue weighted by molar-refractivity contribution is 9.09. The predicted molar refractivity (Wildman–Crippen MR) is 66.8 cm³/mol. The van der Waals surface area contributed by atoms with E-state index in [4.69, 9.17) is 9.47 Å². The molecule has 16 heavy (non-hydrogen) atoms. The van der Waals surface area contributed by atoms with Gasteiger partial charge in [-0.15, -0.1) is 0 Å². The van der Waals surface area contributed by atoms with Crippen LogP contribution >= 0.6 is 15.9 Å². The SMILES string of the molecule is COCC(C)(COC)S(=O)(=O)C1(CBr)CC1. The number of sulfone groups is 1. The quantitative estimate of drug-likeness (QED) is 0.666. The monoisotopic (exact) mass is 314 g/mol. The molecule has 0 spiro atoms. The molecule has 0 heterocycles. The predicted octanol–water partition coefficient (Wildman–Crippen LogP) is 1.38. The molecule has 6 heteroatoms. The van der Waals surface area contributed by atoms with E-state index in [-0.39, 0.29) is 13.2 Å². The van der Waals surface area contributed by atoms with Gasteiger partial charge in [-0.2, -0.15) is 0 Å². The van der Waals surface area contributed by atoms with Crippen LogP contribution in [0.4, 0.5) is 0 Å². The fourth-order valence-corrected chi connectivity index (χ4v) is 5.78. The van der Waals surface area contributed by atoms with Gasteiger partial charge in [0, 0.05) is 19.5 Å². The molecule has 0 aromatic carbocycles. The summed E-state index contributed by atoms with van der Waals surface area (Å²) in [6.45, 7) is 2.02. The fourth-order valence-electron chi connectivity index (χ4n) is 1.94. The van der Waals surface area contributed by atoms with Crippen LogP contribution in [0.25, 0.3) is 0 Å². The van der Waals surface area contributed by atoms with E-state index in [9.17, 15) is 8.42 Å². The summed E-state index contributed by atoms with van der Waals surface area (Å²) in [6.07, 6.45) is 1.45. The first-order valence-corrected chi connectivity index (χ1v) is 7.78. The van der Waals surface area contributed by atoms with Crippen LogP contribution in [0.1, 0.15) is 19.8 Å². The molecule has 1 aliphatic rings. The first-order valence-electron chi connectivity index (χ1n) is 5.17. The van der Waals surface area contributed by atoms with Crippen LogP contribution < -0.4 is 0 Å². The number of hydrogen-bond acceptors (Lipinski definition) is 4. The summed E-state index contributed by atoms with van der Waals surface area (Å²) in [5.41, 5.74) is 0. The van der Waals surface area contributed by atoms with Gasteiger partial charge in [0.25, 0.3) is 0 Å². The minimum absolute atomic E-state index is 0.165. The average Bonchev–Trinajstić information content (AvgIpc) is 2.98. The second kappa shape index (κ2) is 4.92. The van der Waals surface area contributed by atoms with Crippen molar-refractivity contribution in [1.29, 1.82) is 0 Å². The molecule has 0 amide bonds. The highest BCUT2D eigenvalue weighted by atomic mass is 79.9. The van der Waals surface area contributed by atoms with Crippen molar-refractivity contribution in [3.63, 3.8) is 0 Å². The summed E-state index contributed by atoms with van der Waals surface area (Å²) in [5.74, 6) is 0. The van der Waals surface area contributed by atoms with Crippen molar-refractivity contribution in [2.24, 2.45) is 0 Å². The third-order valence-corrected chi connectivity index (χ3v) is 7.84. The highest BCUT2D eigenvalue weighted by Crippen LogP contribution is 2.49. The minimum atomic E-state index is -3.26. The normalized spacial score (nSPS) is 19.8. The zero-order valence-corrected chi connectivity index (χ0v) is 12.4. The lowest BCUT2D eigenvalue weighted by molar-refractivity contribution is 0.105. The van der Waals surface area contributed by atoms with Gasteiger partial charge in [0.05, 0.1) is 18.0 Å². The summed E-state index contributed by atoms with van der Waals surface area (Å²) in [6, 6.07) is 0. The van der Waals surface area contributed by atoms with E-state index in [1.807, 2.05) is 0 Å². The van der Waals surface area contributed by atoms with Crippen molar-refractivity contribution < 1.29 is 17.9 Å². The summed E-state index contributed by atoms with van der Waals surface area (Å²) < 4.78 is 33.6. The smallest absolute Gasteiger partial charge is 0.166 e. The molecule has 4 nitrogen and oxygen atoms in total. The van der Waals surface area contributed by atoms with Gasteiger partial charge >= 0.3 is 0 Å². The van der Waals surface area contributed by atoms with E-state index in [2.05, 4.69) is 15.9 Å². The van der Waals surface area contributed by atoms with Crippen LogP contribution in [0.5, 0.6) is 0 Å². The molecule has 0 saturated heterocycles. The first kappa shape index (κ1) is 14.4. The number of ether oxygens (including phenoxy) is 2. The second-order valence-corrected chi connectivity index (χ2v) is 8.06. The van der Waals surface area contributed by atoms with Gasteiger partial charge < -0.3 is 9.47 Å². The summed E-state index contributed by atoms with van der Waals surface area (Å²) >= 11 is 3.30. The molecule has 0 aromatic rings. The summed E-state index contributed by atoms with van der Waals surface area (Å²) in [7, 11) is -0.238. The maximum absolute atomic E-state index is 12.6. The Morgan fingerprint density at radius 2 is 1.69 bits per heavy atom. The molecule has 0 aliphatic heterocycles. The van der Waals surface area contributed by atoms with Crippen molar-refractivity contribution in [2.45, 2.75) is 29.3 Å². The Bertz CT molecular complexity index is 329. The Morgan fingerprint density at radius 3 is 1.94 bits per heavy atom. The number of alkyl halides is 1. The minimum Gasteiger partial charge on any atom is -0.383 e. The molecule has 0 unspecified atom stereocenters. The molecule has 0 aromatic heterocycles. The lowest BCUT2D eigenvalue weighted by Crippen LogP contribution is -2.50.